The van der Waals surface area contributed by atoms with Crippen molar-refractivity contribution in [2.75, 3.05) is 5.73 Å². The lowest BCUT2D eigenvalue weighted by Gasteiger charge is -2.08. The Balaban J connectivity index is 2.15. The van der Waals surface area contributed by atoms with Crippen molar-refractivity contribution in [1.29, 1.82) is 0 Å². The van der Waals surface area contributed by atoms with Crippen molar-refractivity contribution < 1.29 is 9.18 Å². The molecule has 112 valence electrons. The Bertz CT molecular complexity index is 684. The Morgan fingerprint density at radius 1 is 1.52 bits per heavy atom. The van der Waals surface area contributed by atoms with Crippen molar-refractivity contribution in [2.45, 2.75) is 19.9 Å². The van der Waals surface area contributed by atoms with Crippen LogP contribution >= 0.6 is 15.9 Å². The smallest absolute Gasteiger partial charge is 0.271 e. The summed E-state index contributed by atoms with van der Waals surface area (Å²) in [6, 6.07) is 4.32. The molecule has 0 fully saturated rings. The molecule has 1 amide bonds. The maximum absolute atomic E-state index is 13.2. The number of carbonyl (C=O) groups excluding carboxylic acids is 1. The van der Waals surface area contributed by atoms with Gasteiger partial charge in [0.05, 0.1) is 11.4 Å². The van der Waals surface area contributed by atoms with E-state index >= 15 is 0 Å². The summed E-state index contributed by atoms with van der Waals surface area (Å²) in [5.41, 5.74) is 7.97. The molecule has 1 heterocycles. The first-order chi connectivity index (χ1) is 9.93. The highest BCUT2D eigenvalue weighted by Gasteiger charge is 2.19. The van der Waals surface area contributed by atoms with Crippen LogP contribution in [0.2, 0.25) is 0 Å². The number of carbonyl (C=O) groups is 1. The van der Waals surface area contributed by atoms with Gasteiger partial charge in [-0.25, -0.2) is 4.39 Å². The minimum absolute atomic E-state index is 0.198. The fraction of sp³-hybridized carbons (Fsp3) is 0.286. The van der Waals surface area contributed by atoms with Crippen LogP contribution in [-0.4, -0.2) is 15.7 Å². The quantitative estimate of drug-likeness (QED) is 0.885. The van der Waals surface area contributed by atoms with Crippen molar-refractivity contribution in [3.8, 4) is 0 Å². The summed E-state index contributed by atoms with van der Waals surface area (Å²) in [4.78, 5) is 12.2. The highest BCUT2D eigenvalue weighted by molar-refractivity contribution is 9.10. The normalized spacial score (nSPS) is 10.7. The van der Waals surface area contributed by atoms with E-state index in [4.69, 9.17) is 5.73 Å². The average molecular weight is 355 g/mol. The zero-order chi connectivity index (χ0) is 15.6. The summed E-state index contributed by atoms with van der Waals surface area (Å²) in [5, 5.41) is 6.92. The Labute approximate surface area is 130 Å². The minimum atomic E-state index is -0.351. The minimum Gasteiger partial charge on any atom is -0.395 e. The van der Waals surface area contributed by atoms with Gasteiger partial charge < -0.3 is 11.1 Å². The third-order valence-corrected chi connectivity index (χ3v) is 3.93. The maximum Gasteiger partial charge on any atom is 0.271 e. The predicted octanol–water partition coefficient (Wildman–Crippen LogP) is 2.40. The van der Waals surface area contributed by atoms with E-state index in [2.05, 4.69) is 26.3 Å². The highest BCUT2D eigenvalue weighted by Crippen LogP contribution is 2.19. The number of nitrogens with zero attached hydrogens (tertiary/aromatic N) is 2. The highest BCUT2D eigenvalue weighted by atomic mass is 79.9. The molecule has 0 radical (unpaired) electrons. The van der Waals surface area contributed by atoms with Crippen LogP contribution in [-0.2, 0) is 20.0 Å². The van der Waals surface area contributed by atoms with Crippen molar-refractivity contribution >= 4 is 27.5 Å². The number of nitrogens with two attached hydrogens (primary N) is 1. The summed E-state index contributed by atoms with van der Waals surface area (Å²) in [7, 11) is 1.67. The molecule has 0 atom stereocenters. The summed E-state index contributed by atoms with van der Waals surface area (Å²) in [6.45, 7) is 2.12. The van der Waals surface area contributed by atoms with Crippen LogP contribution in [0.3, 0.4) is 0 Å². The first kappa shape index (κ1) is 15.5. The lowest BCUT2D eigenvalue weighted by molar-refractivity contribution is 0.0942. The van der Waals surface area contributed by atoms with Crippen LogP contribution in [0.15, 0.2) is 22.7 Å². The van der Waals surface area contributed by atoms with Gasteiger partial charge in [-0.15, -0.1) is 0 Å². The zero-order valence-electron chi connectivity index (χ0n) is 11.8. The van der Waals surface area contributed by atoms with Crippen molar-refractivity contribution in [3.63, 3.8) is 0 Å². The molecule has 0 saturated carbocycles. The van der Waals surface area contributed by atoms with E-state index in [1.54, 1.807) is 13.1 Å². The van der Waals surface area contributed by atoms with Gasteiger partial charge >= 0.3 is 0 Å². The second kappa shape index (κ2) is 6.26. The van der Waals surface area contributed by atoms with E-state index in [0.29, 0.717) is 29.1 Å². The van der Waals surface area contributed by atoms with Crippen LogP contribution in [0, 0.1) is 5.82 Å². The number of aromatic nitrogens is 2. The number of amides is 1. The molecule has 0 aliphatic carbocycles. The van der Waals surface area contributed by atoms with Crippen molar-refractivity contribution in [3.05, 3.63) is 45.4 Å². The molecule has 21 heavy (non-hydrogen) atoms. The molecule has 5 nitrogen and oxygen atoms in total. The lowest BCUT2D eigenvalue weighted by Crippen LogP contribution is -2.26. The van der Waals surface area contributed by atoms with E-state index in [1.807, 2.05) is 6.92 Å². The molecule has 7 heteroatoms. The number of hydrogen-bond donors (Lipinski definition) is 2. The second-order valence-corrected chi connectivity index (χ2v) is 5.46. The van der Waals surface area contributed by atoms with E-state index in [0.717, 1.165) is 4.47 Å². The van der Waals surface area contributed by atoms with Gasteiger partial charge in [0.15, 0.2) is 0 Å². The number of rotatable bonds is 4. The second-order valence-electron chi connectivity index (χ2n) is 4.60. The molecular formula is C14H16BrFN4O. The molecule has 3 N–H and O–H groups in total. The fourth-order valence-corrected chi connectivity index (χ4v) is 2.45. The molecular weight excluding hydrogens is 339 g/mol. The van der Waals surface area contributed by atoms with Gasteiger partial charge in [0.25, 0.3) is 5.91 Å². The molecule has 2 rings (SSSR count). The van der Waals surface area contributed by atoms with E-state index in [-0.39, 0.29) is 18.3 Å². The number of anilines is 1. The molecule has 1 aromatic carbocycles. The first-order valence-corrected chi connectivity index (χ1v) is 7.26. The number of halogens is 2. The summed E-state index contributed by atoms with van der Waals surface area (Å²) < 4.78 is 15.4. The predicted molar refractivity (Wildman–Crippen MR) is 82.3 cm³/mol. The molecule has 0 spiro atoms. The molecule has 0 aliphatic heterocycles. The zero-order valence-corrected chi connectivity index (χ0v) is 13.4. The SMILES string of the molecule is CCc1nn(C)c(C(=O)NCc2cc(F)ccc2Br)c1N. The Morgan fingerprint density at radius 2 is 2.24 bits per heavy atom. The topological polar surface area (TPSA) is 72.9 Å². The molecule has 0 unspecified atom stereocenters. The van der Waals surface area contributed by atoms with Crippen LogP contribution < -0.4 is 11.1 Å². The molecule has 0 bridgehead atoms. The Hall–Kier alpha value is -1.89. The molecule has 1 aromatic heterocycles. The van der Waals surface area contributed by atoms with Gasteiger partial charge in [-0.3, -0.25) is 9.48 Å². The van der Waals surface area contributed by atoms with Crippen LogP contribution in [0.25, 0.3) is 0 Å². The molecule has 0 saturated heterocycles. The average Bonchev–Trinajstić information content (AvgIpc) is 2.74. The number of nitrogens with one attached hydrogen (secondary N) is 1. The Morgan fingerprint density at radius 3 is 2.86 bits per heavy atom. The van der Waals surface area contributed by atoms with E-state index in [9.17, 15) is 9.18 Å². The van der Waals surface area contributed by atoms with Gasteiger partial charge in [-0.05, 0) is 30.2 Å². The fourth-order valence-electron chi connectivity index (χ4n) is 2.06. The molecule has 0 aliphatic rings. The number of aryl methyl sites for hydroxylation is 2. The van der Waals surface area contributed by atoms with Gasteiger partial charge in [-0.1, -0.05) is 22.9 Å². The van der Waals surface area contributed by atoms with E-state index < -0.39 is 0 Å². The largest absolute Gasteiger partial charge is 0.395 e. The Kier molecular flexibility index (Phi) is 4.62. The summed E-state index contributed by atoms with van der Waals surface area (Å²) in [6.07, 6.45) is 0.655. The van der Waals surface area contributed by atoms with E-state index in [1.165, 1.54) is 16.8 Å². The summed E-state index contributed by atoms with van der Waals surface area (Å²) in [5.74, 6) is -0.686. The summed E-state index contributed by atoms with van der Waals surface area (Å²) >= 11 is 3.32. The molecule has 2 aromatic rings. The van der Waals surface area contributed by atoms with Gasteiger partial charge in [0.1, 0.15) is 11.5 Å². The number of benzene rings is 1. The maximum atomic E-state index is 13.2. The lowest BCUT2D eigenvalue weighted by atomic mass is 10.2. The third-order valence-electron chi connectivity index (χ3n) is 3.16. The van der Waals surface area contributed by atoms with Crippen LogP contribution in [0.5, 0.6) is 0 Å². The standard InChI is InChI=1S/C14H16BrFN4O/c1-3-11-12(17)13(20(2)19-11)14(21)18-7-8-6-9(16)4-5-10(8)15/h4-6H,3,7,17H2,1-2H3,(H,18,21). The number of hydrogen-bond acceptors (Lipinski definition) is 3. The van der Waals surface area contributed by atoms with Gasteiger partial charge in [0.2, 0.25) is 0 Å². The number of nitrogen functional groups attached to an aromatic ring is 1. The van der Waals surface area contributed by atoms with Gasteiger partial charge in [-0.2, -0.15) is 5.10 Å². The first-order valence-electron chi connectivity index (χ1n) is 6.47. The van der Waals surface area contributed by atoms with Crippen molar-refractivity contribution in [2.24, 2.45) is 7.05 Å². The third kappa shape index (κ3) is 3.24. The monoisotopic (exact) mass is 354 g/mol. The van der Waals surface area contributed by atoms with Crippen LogP contribution in [0.4, 0.5) is 10.1 Å². The van der Waals surface area contributed by atoms with Gasteiger partial charge in [0, 0.05) is 18.1 Å². The van der Waals surface area contributed by atoms with Crippen LogP contribution in [0.1, 0.15) is 28.7 Å². The van der Waals surface area contributed by atoms with Crippen molar-refractivity contribution in [1.82, 2.24) is 15.1 Å².